The molecule has 1 aliphatic rings. The quantitative estimate of drug-likeness (QED) is 0.688. The second-order valence-electron chi connectivity index (χ2n) is 7.18. The molecule has 0 unspecified atom stereocenters. The summed E-state index contributed by atoms with van der Waals surface area (Å²) in [5.41, 5.74) is 4.19. The van der Waals surface area contributed by atoms with Crippen molar-refractivity contribution in [3.8, 4) is 0 Å². The van der Waals surface area contributed by atoms with Crippen LogP contribution in [0.5, 0.6) is 0 Å². The van der Waals surface area contributed by atoms with Gasteiger partial charge in [-0.2, -0.15) is 0 Å². The highest BCUT2D eigenvalue weighted by molar-refractivity contribution is 6.59. The molecule has 0 amide bonds. The van der Waals surface area contributed by atoms with Gasteiger partial charge in [0.05, 0.1) is 0 Å². The molecule has 0 saturated carbocycles. The first-order valence-electron chi connectivity index (χ1n) is 9.53. The van der Waals surface area contributed by atoms with Gasteiger partial charge in [-0.15, -0.1) is 0 Å². The zero-order chi connectivity index (χ0) is 18.6. The van der Waals surface area contributed by atoms with Gasteiger partial charge >= 0.3 is 7.12 Å². The molecule has 0 aromatic heterocycles. The van der Waals surface area contributed by atoms with Gasteiger partial charge in [0.15, 0.2) is 0 Å². The van der Waals surface area contributed by atoms with Crippen molar-refractivity contribution in [2.45, 2.75) is 31.5 Å². The fraction of sp³-hybridized carbons (Fsp3) is 0.217. The molecule has 4 heteroatoms. The van der Waals surface area contributed by atoms with E-state index in [1.165, 1.54) is 11.1 Å². The molecule has 1 fully saturated rings. The van der Waals surface area contributed by atoms with Gasteiger partial charge in [0, 0.05) is 18.6 Å². The van der Waals surface area contributed by atoms with Crippen LogP contribution in [-0.4, -0.2) is 22.1 Å². The largest absolute Gasteiger partial charge is 0.488 e. The Labute approximate surface area is 161 Å². The topological polar surface area (TPSA) is 43.7 Å². The minimum absolute atomic E-state index is 0.320. The molecule has 0 aliphatic carbocycles. The Kier molecular flexibility index (Phi) is 5.39. The van der Waals surface area contributed by atoms with Crippen molar-refractivity contribution in [3.05, 3.63) is 102 Å². The number of hydrogen-bond donors (Lipinski definition) is 2. The summed E-state index contributed by atoms with van der Waals surface area (Å²) < 4.78 is 0. The van der Waals surface area contributed by atoms with Crippen LogP contribution in [0.4, 0.5) is 0 Å². The molecule has 0 bridgehead atoms. The van der Waals surface area contributed by atoms with Crippen LogP contribution in [0, 0.1) is 0 Å². The second kappa shape index (κ2) is 8.09. The Morgan fingerprint density at radius 2 is 1.19 bits per heavy atom. The van der Waals surface area contributed by atoms with Crippen LogP contribution in [0.1, 0.15) is 41.6 Å². The van der Waals surface area contributed by atoms with Crippen LogP contribution in [0.25, 0.3) is 0 Å². The molecule has 3 nitrogen and oxygen atoms in total. The molecule has 1 heterocycles. The molecule has 1 saturated heterocycles. The van der Waals surface area contributed by atoms with E-state index in [0.717, 1.165) is 18.4 Å². The predicted molar refractivity (Wildman–Crippen MR) is 109 cm³/mol. The van der Waals surface area contributed by atoms with Crippen molar-refractivity contribution in [1.82, 2.24) is 4.90 Å². The highest BCUT2D eigenvalue weighted by atomic mass is 16.4. The minimum Gasteiger partial charge on any atom is -0.423 e. The first-order valence-corrected chi connectivity index (χ1v) is 9.53. The Hall–Kier alpha value is -2.40. The van der Waals surface area contributed by atoms with Crippen LogP contribution in [0.2, 0.25) is 0 Å². The molecule has 2 N–H and O–H groups in total. The summed E-state index contributed by atoms with van der Waals surface area (Å²) in [7, 11) is -1.45. The molecular formula is C23H24BNO2. The number of benzene rings is 3. The third-order valence-corrected chi connectivity index (χ3v) is 5.57. The molecule has 4 rings (SSSR count). The maximum absolute atomic E-state index is 9.78. The molecule has 3 aromatic rings. The van der Waals surface area contributed by atoms with Crippen molar-refractivity contribution in [3.63, 3.8) is 0 Å². The fourth-order valence-electron chi connectivity index (χ4n) is 4.28. The normalized spacial score (nSPS) is 19.9. The average molecular weight is 357 g/mol. The van der Waals surface area contributed by atoms with Gasteiger partial charge in [-0.1, -0.05) is 84.9 Å². The van der Waals surface area contributed by atoms with Crippen LogP contribution in [0.15, 0.2) is 84.9 Å². The molecule has 2 atom stereocenters. The maximum Gasteiger partial charge on any atom is 0.488 e. The van der Waals surface area contributed by atoms with E-state index >= 15 is 0 Å². The minimum atomic E-state index is -1.45. The summed E-state index contributed by atoms with van der Waals surface area (Å²) in [6.45, 7) is 0.687. The molecule has 27 heavy (non-hydrogen) atoms. The summed E-state index contributed by atoms with van der Waals surface area (Å²) in [5.74, 6) is 0. The van der Waals surface area contributed by atoms with Crippen molar-refractivity contribution in [2.24, 2.45) is 0 Å². The second-order valence-corrected chi connectivity index (χ2v) is 7.18. The first kappa shape index (κ1) is 18.0. The first-order chi connectivity index (χ1) is 13.2. The van der Waals surface area contributed by atoms with Gasteiger partial charge in [0.1, 0.15) is 0 Å². The maximum atomic E-state index is 9.78. The number of hydrogen-bond acceptors (Lipinski definition) is 3. The van der Waals surface area contributed by atoms with Crippen molar-refractivity contribution in [2.75, 3.05) is 0 Å². The van der Waals surface area contributed by atoms with E-state index in [1.807, 2.05) is 18.2 Å². The summed E-state index contributed by atoms with van der Waals surface area (Å²) in [6.07, 6.45) is 2.18. The molecule has 136 valence electrons. The van der Waals surface area contributed by atoms with E-state index in [4.69, 9.17) is 0 Å². The lowest BCUT2D eigenvalue weighted by atomic mass is 9.77. The third-order valence-electron chi connectivity index (χ3n) is 5.57. The molecule has 1 aliphatic heterocycles. The predicted octanol–water partition coefficient (Wildman–Crippen LogP) is 3.44. The summed E-state index contributed by atoms with van der Waals surface area (Å²) in [5, 5.41) is 19.6. The number of nitrogens with zero attached hydrogens (tertiary/aromatic N) is 1. The lowest BCUT2D eigenvalue weighted by molar-refractivity contribution is 0.185. The monoisotopic (exact) mass is 357 g/mol. The van der Waals surface area contributed by atoms with Crippen molar-refractivity contribution in [1.29, 1.82) is 0 Å². The van der Waals surface area contributed by atoms with E-state index in [2.05, 4.69) is 65.6 Å². The van der Waals surface area contributed by atoms with Gasteiger partial charge in [-0.3, -0.25) is 4.90 Å². The third kappa shape index (κ3) is 3.83. The molecule has 3 aromatic carbocycles. The zero-order valence-electron chi connectivity index (χ0n) is 15.3. The van der Waals surface area contributed by atoms with Crippen LogP contribution >= 0.6 is 0 Å². The molecular weight excluding hydrogens is 333 g/mol. The van der Waals surface area contributed by atoms with Gasteiger partial charge < -0.3 is 10.0 Å². The Morgan fingerprint density at radius 1 is 0.704 bits per heavy atom. The lowest BCUT2D eigenvalue weighted by Gasteiger charge is -2.31. The van der Waals surface area contributed by atoms with E-state index in [1.54, 1.807) is 6.07 Å². The Balaban J connectivity index is 1.71. The van der Waals surface area contributed by atoms with Crippen molar-refractivity contribution < 1.29 is 10.0 Å². The van der Waals surface area contributed by atoms with Gasteiger partial charge in [-0.05, 0) is 35.0 Å². The highest BCUT2D eigenvalue weighted by Gasteiger charge is 2.35. The Bertz CT molecular complexity index is 822. The molecule has 0 spiro atoms. The number of rotatable bonds is 5. The number of likely N-dealkylation sites (tertiary alicyclic amines) is 1. The van der Waals surface area contributed by atoms with Crippen LogP contribution < -0.4 is 5.46 Å². The van der Waals surface area contributed by atoms with Crippen molar-refractivity contribution >= 4 is 12.6 Å². The summed E-state index contributed by atoms with van der Waals surface area (Å²) in [4.78, 5) is 2.51. The van der Waals surface area contributed by atoms with E-state index < -0.39 is 7.12 Å². The van der Waals surface area contributed by atoms with Crippen LogP contribution in [0.3, 0.4) is 0 Å². The fourth-order valence-corrected chi connectivity index (χ4v) is 4.28. The SMILES string of the molecule is OB(O)c1ccccc1CN1[C@@H](c2ccccc2)CC[C@@H]1c1ccccc1. The summed E-state index contributed by atoms with van der Waals surface area (Å²) >= 11 is 0. The lowest BCUT2D eigenvalue weighted by Crippen LogP contribution is -2.36. The van der Waals surface area contributed by atoms with E-state index in [-0.39, 0.29) is 0 Å². The van der Waals surface area contributed by atoms with Gasteiger partial charge in [0.25, 0.3) is 0 Å². The standard InChI is InChI=1S/C23H24BNO2/c26-24(27)21-14-8-7-13-20(21)17-25-22(18-9-3-1-4-10-18)15-16-23(25)19-11-5-2-6-12-19/h1-14,22-23,26-27H,15-17H2/t22-,23-/m1/s1. The van der Waals surface area contributed by atoms with Gasteiger partial charge in [-0.25, -0.2) is 0 Å². The zero-order valence-corrected chi connectivity index (χ0v) is 15.3. The average Bonchev–Trinajstić information content (AvgIpc) is 3.13. The smallest absolute Gasteiger partial charge is 0.423 e. The van der Waals surface area contributed by atoms with E-state index in [9.17, 15) is 10.0 Å². The van der Waals surface area contributed by atoms with E-state index in [0.29, 0.717) is 24.1 Å². The highest BCUT2D eigenvalue weighted by Crippen LogP contribution is 2.44. The summed E-state index contributed by atoms with van der Waals surface area (Å²) in [6, 6.07) is 29.5. The molecule has 0 radical (unpaired) electrons. The Morgan fingerprint density at radius 3 is 1.70 bits per heavy atom. The van der Waals surface area contributed by atoms with Gasteiger partial charge in [0.2, 0.25) is 0 Å². The van der Waals surface area contributed by atoms with Crippen LogP contribution in [-0.2, 0) is 6.54 Å².